The Labute approximate surface area is 182 Å². The average molecular weight is 432 g/mol. The molecule has 0 atom stereocenters. The highest BCUT2D eigenvalue weighted by Gasteiger charge is 2.48. The number of ether oxygens (including phenoxy) is 1. The summed E-state index contributed by atoms with van der Waals surface area (Å²) in [6.45, 7) is 0. The predicted molar refractivity (Wildman–Crippen MR) is 115 cm³/mol. The van der Waals surface area contributed by atoms with E-state index in [9.17, 15) is 4.79 Å². The topological polar surface area (TPSA) is 93.6 Å². The number of nitrogens with zero attached hydrogens (tertiary/aromatic N) is 4. The second-order valence-electron chi connectivity index (χ2n) is 8.11. The quantitative estimate of drug-likeness (QED) is 0.458. The van der Waals surface area contributed by atoms with E-state index in [2.05, 4.69) is 19.9 Å². The smallest absolute Gasteiger partial charge is 0.339 e. The highest BCUT2D eigenvalue weighted by Crippen LogP contribution is 2.49. The zero-order valence-electron chi connectivity index (χ0n) is 16.5. The Balaban J connectivity index is 1.27. The molecule has 0 radical (unpaired) electrons. The van der Waals surface area contributed by atoms with Gasteiger partial charge in [-0.25, -0.2) is 19.7 Å². The molecule has 8 heteroatoms. The van der Waals surface area contributed by atoms with Crippen molar-refractivity contribution >= 4 is 28.7 Å². The normalized spacial score (nSPS) is 22.6. The van der Waals surface area contributed by atoms with Gasteiger partial charge in [0.1, 0.15) is 16.9 Å². The van der Waals surface area contributed by atoms with Gasteiger partial charge >= 0.3 is 5.97 Å². The monoisotopic (exact) mass is 431 g/mol. The summed E-state index contributed by atoms with van der Waals surface area (Å²) in [5, 5.41) is 0.611. The van der Waals surface area contributed by atoms with Crippen LogP contribution in [0.2, 0.25) is 5.02 Å². The number of hydrogen-bond donors (Lipinski definition) is 1. The van der Waals surface area contributed by atoms with E-state index >= 15 is 0 Å². The summed E-state index contributed by atoms with van der Waals surface area (Å²) in [5.74, 6) is 1.45. The number of carbonyl (C=O) groups is 1. The largest absolute Gasteiger partial charge is 0.450 e. The van der Waals surface area contributed by atoms with E-state index in [1.54, 1.807) is 24.7 Å². The lowest BCUT2D eigenvalue weighted by molar-refractivity contribution is -0.0313. The van der Waals surface area contributed by atoms with Crippen molar-refractivity contribution in [1.29, 1.82) is 0 Å². The molecular formula is C23H18ClN5O2. The molecule has 1 saturated carbocycles. The number of H-pyrrole nitrogens is 1. The number of esters is 1. The highest BCUT2D eigenvalue weighted by molar-refractivity contribution is 6.33. The predicted octanol–water partition coefficient (Wildman–Crippen LogP) is 4.79. The van der Waals surface area contributed by atoms with Gasteiger partial charge in [-0.15, -0.1) is 0 Å². The molecule has 4 heterocycles. The molecule has 1 N–H and O–H groups in total. The van der Waals surface area contributed by atoms with Crippen LogP contribution < -0.4 is 0 Å². The maximum absolute atomic E-state index is 12.3. The first-order valence-corrected chi connectivity index (χ1v) is 10.7. The van der Waals surface area contributed by atoms with Crippen LogP contribution in [0.4, 0.5) is 0 Å². The molecule has 6 rings (SSSR count). The lowest BCUT2D eigenvalue weighted by Gasteiger charge is -2.35. The third kappa shape index (κ3) is 2.91. The van der Waals surface area contributed by atoms with Crippen LogP contribution in [0.15, 0.2) is 48.9 Å². The van der Waals surface area contributed by atoms with Gasteiger partial charge in [0.2, 0.25) is 0 Å². The molecule has 0 saturated heterocycles. The number of fused-ring (bicyclic) bond motifs is 3. The van der Waals surface area contributed by atoms with Crippen LogP contribution in [0, 0.1) is 0 Å². The summed E-state index contributed by atoms with van der Waals surface area (Å²) < 4.78 is 5.83. The fourth-order valence-corrected chi connectivity index (χ4v) is 4.97. The minimum Gasteiger partial charge on any atom is -0.450 e. The Bertz CT molecular complexity index is 1330. The van der Waals surface area contributed by atoms with Crippen LogP contribution in [0.25, 0.3) is 22.6 Å². The van der Waals surface area contributed by atoms with Crippen LogP contribution >= 0.6 is 11.6 Å². The van der Waals surface area contributed by atoms with Crippen molar-refractivity contribution in [3.05, 3.63) is 70.9 Å². The van der Waals surface area contributed by atoms with Gasteiger partial charge in [0, 0.05) is 29.4 Å². The number of aromatic nitrogens is 5. The molecule has 3 aromatic heterocycles. The van der Waals surface area contributed by atoms with Gasteiger partial charge in [-0.1, -0.05) is 23.7 Å². The third-order valence-electron chi connectivity index (χ3n) is 6.37. The summed E-state index contributed by atoms with van der Waals surface area (Å²) in [7, 11) is 0. The van der Waals surface area contributed by atoms with E-state index in [1.807, 2.05) is 24.3 Å². The van der Waals surface area contributed by atoms with Crippen molar-refractivity contribution in [2.45, 2.75) is 37.2 Å². The van der Waals surface area contributed by atoms with Crippen LogP contribution in [0.5, 0.6) is 0 Å². The summed E-state index contributed by atoms with van der Waals surface area (Å²) in [4.78, 5) is 33.7. The number of nitrogens with one attached hydrogen (secondary N) is 1. The summed E-state index contributed by atoms with van der Waals surface area (Å²) in [5.41, 5.74) is 3.21. The molecule has 154 valence electrons. The Morgan fingerprint density at radius 2 is 1.90 bits per heavy atom. The standard InChI is InChI=1S/C23H18ClN5O2/c24-17-4-2-1-3-15(17)20-26-12-18-21(29-20)28-19(27-18)13-5-8-23(9-6-13)16-11-25-10-7-14(16)22(30)31-23/h1-4,7,10-13H,5-6,8-9H2,(H,26,27,28,29). The van der Waals surface area contributed by atoms with Gasteiger partial charge in [0.25, 0.3) is 0 Å². The molecule has 7 nitrogen and oxygen atoms in total. The van der Waals surface area contributed by atoms with Gasteiger partial charge in [0.15, 0.2) is 11.5 Å². The Hall–Kier alpha value is -3.32. The van der Waals surface area contributed by atoms with Crippen molar-refractivity contribution in [2.24, 2.45) is 0 Å². The van der Waals surface area contributed by atoms with Gasteiger partial charge < -0.3 is 9.72 Å². The summed E-state index contributed by atoms with van der Waals surface area (Å²) >= 11 is 6.30. The summed E-state index contributed by atoms with van der Waals surface area (Å²) in [6, 6.07) is 9.26. The Morgan fingerprint density at radius 3 is 2.74 bits per heavy atom. The number of hydrogen-bond acceptors (Lipinski definition) is 6. The lowest BCUT2D eigenvalue weighted by Crippen LogP contribution is -2.31. The van der Waals surface area contributed by atoms with Crippen molar-refractivity contribution in [1.82, 2.24) is 24.9 Å². The molecular weight excluding hydrogens is 414 g/mol. The van der Waals surface area contributed by atoms with Crippen LogP contribution in [0.3, 0.4) is 0 Å². The Morgan fingerprint density at radius 1 is 1.06 bits per heavy atom. The third-order valence-corrected chi connectivity index (χ3v) is 6.70. The van der Waals surface area contributed by atoms with Crippen LogP contribution in [0.1, 0.15) is 53.3 Å². The van der Waals surface area contributed by atoms with Gasteiger partial charge in [-0.2, -0.15) is 0 Å². The van der Waals surface area contributed by atoms with E-state index in [0.29, 0.717) is 22.1 Å². The molecule has 0 bridgehead atoms. The van der Waals surface area contributed by atoms with E-state index in [-0.39, 0.29) is 11.9 Å². The molecule has 2 aliphatic rings. The zero-order chi connectivity index (χ0) is 21.0. The van der Waals surface area contributed by atoms with Gasteiger partial charge in [-0.3, -0.25) is 4.98 Å². The van der Waals surface area contributed by atoms with E-state index in [4.69, 9.17) is 21.3 Å². The molecule has 1 aliphatic heterocycles. The minimum atomic E-state index is -0.555. The van der Waals surface area contributed by atoms with Crippen molar-refractivity contribution in [2.75, 3.05) is 0 Å². The van der Waals surface area contributed by atoms with Crippen LogP contribution in [-0.2, 0) is 10.3 Å². The zero-order valence-corrected chi connectivity index (χ0v) is 17.3. The van der Waals surface area contributed by atoms with Crippen molar-refractivity contribution < 1.29 is 9.53 Å². The van der Waals surface area contributed by atoms with Crippen LogP contribution in [-0.4, -0.2) is 30.9 Å². The molecule has 4 aromatic rings. The lowest BCUT2D eigenvalue weighted by atomic mass is 9.75. The number of benzene rings is 1. The van der Waals surface area contributed by atoms with Gasteiger partial charge in [0.05, 0.1) is 16.8 Å². The number of carbonyl (C=O) groups excluding carboxylic acids is 1. The molecule has 0 amide bonds. The van der Waals surface area contributed by atoms with E-state index in [1.165, 1.54) is 0 Å². The van der Waals surface area contributed by atoms with E-state index in [0.717, 1.165) is 48.2 Å². The second kappa shape index (κ2) is 6.85. The molecule has 1 aliphatic carbocycles. The number of halogens is 1. The first-order chi connectivity index (χ1) is 15.1. The molecule has 1 spiro atoms. The number of aromatic amines is 1. The molecule has 0 unspecified atom stereocenters. The van der Waals surface area contributed by atoms with E-state index < -0.39 is 5.60 Å². The van der Waals surface area contributed by atoms with Crippen molar-refractivity contribution in [3.8, 4) is 11.4 Å². The second-order valence-corrected chi connectivity index (χ2v) is 8.52. The molecule has 31 heavy (non-hydrogen) atoms. The SMILES string of the molecule is O=C1OC2(CCC(c3nc4cnc(-c5ccccc5Cl)nc4[nH]3)CC2)c2cnccc21. The fourth-order valence-electron chi connectivity index (χ4n) is 4.75. The number of rotatable bonds is 2. The number of imidazole rings is 1. The maximum atomic E-state index is 12.3. The van der Waals surface area contributed by atoms with Gasteiger partial charge in [-0.05, 0) is 43.9 Å². The first kappa shape index (κ1) is 18.4. The molecule has 1 fully saturated rings. The number of pyridine rings is 1. The summed E-state index contributed by atoms with van der Waals surface area (Å²) in [6.07, 6.45) is 8.33. The molecule has 1 aromatic carbocycles. The fraction of sp³-hybridized carbons (Fsp3) is 0.261. The highest BCUT2D eigenvalue weighted by atomic mass is 35.5. The minimum absolute atomic E-state index is 0.239. The maximum Gasteiger partial charge on any atom is 0.339 e. The average Bonchev–Trinajstić information content (AvgIpc) is 3.34. The Kier molecular flexibility index (Phi) is 4.08. The first-order valence-electron chi connectivity index (χ1n) is 10.3. The van der Waals surface area contributed by atoms with Crippen molar-refractivity contribution in [3.63, 3.8) is 0 Å².